The van der Waals surface area contributed by atoms with Gasteiger partial charge in [-0.15, -0.1) is 0 Å². The van der Waals surface area contributed by atoms with Crippen molar-refractivity contribution in [2.45, 2.75) is 18.9 Å². The van der Waals surface area contributed by atoms with Crippen molar-refractivity contribution < 1.29 is 28.2 Å². The third-order valence-electron chi connectivity index (χ3n) is 3.99. The molecule has 0 fully saturated rings. The van der Waals surface area contributed by atoms with Crippen LogP contribution >= 0.6 is 0 Å². The lowest BCUT2D eigenvalue weighted by Crippen LogP contribution is -2.07. The number of ether oxygens (including phenoxy) is 2. The Morgan fingerprint density at radius 2 is 2.24 bits per heavy atom. The molecule has 0 radical (unpaired) electrons. The number of rotatable bonds is 6. The van der Waals surface area contributed by atoms with Gasteiger partial charge in [0.1, 0.15) is 36.3 Å². The van der Waals surface area contributed by atoms with Crippen molar-refractivity contribution in [3.8, 4) is 23.0 Å². The lowest BCUT2D eigenvalue weighted by atomic mass is 9.98. The van der Waals surface area contributed by atoms with Crippen LogP contribution in [0.5, 0.6) is 11.5 Å². The maximum Gasteiger partial charge on any atom is 0.304 e. The van der Waals surface area contributed by atoms with Crippen LogP contribution < -0.4 is 9.47 Å². The molecule has 128 valence electrons. The zero-order chi connectivity index (χ0) is 17.2. The Morgan fingerprint density at radius 3 is 3.04 bits per heavy atom. The second kappa shape index (κ2) is 6.35. The van der Waals surface area contributed by atoms with Crippen molar-refractivity contribution in [1.82, 2.24) is 4.98 Å². The number of hydrogen-bond donors (Lipinski definition) is 1. The molecule has 1 atom stereocenters. The van der Waals surface area contributed by atoms with Crippen LogP contribution in [-0.4, -0.2) is 22.7 Å². The van der Waals surface area contributed by atoms with E-state index in [4.69, 9.17) is 23.4 Å². The molecular formula is C18H15NO6. The van der Waals surface area contributed by atoms with E-state index in [-0.39, 0.29) is 18.9 Å². The molecule has 1 aliphatic heterocycles. The molecule has 0 amide bonds. The first-order chi connectivity index (χ1) is 12.2. The summed E-state index contributed by atoms with van der Waals surface area (Å²) in [6.45, 7) is 0.626. The SMILES string of the molecule is O=C(O)CC1COc2cc(OCc3coc(-c4ccoc4)n3)ccc21. The Labute approximate surface area is 142 Å². The van der Waals surface area contributed by atoms with E-state index in [2.05, 4.69) is 4.98 Å². The normalized spacial score (nSPS) is 15.6. The smallest absolute Gasteiger partial charge is 0.304 e. The van der Waals surface area contributed by atoms with Gasteiger partial charge in [0.05, 0.1) is 24.9 Å². The molecule has 0 spiro atoms. The Hall–Kier alpha value is -3.22. The van der Waals surface area contributed by atoms with Crippen LogP contribution in [0.15, 0.2) is 51.9 Å². The molecule has 1 aromatic carbocycles. The number of hydrogen-bond acceptors (Lipinski definition) is 6. The zero-order valence-corrected chi connectivity index (χ0v) is 13.2. The second-order valence-electron chi connectivity index (χ2n) is 5.75. The number of aliphatic carboxylic acids is 1. The summed E-state index contributed by atoms with van der Waals surface area (Å²) in [6, 6.07) is 7.19. The standard InChI is InChI=1S/C18H15NO6/c20-17(21)5-12-8-24-16-6-14(1-2-15(12)16)23-9-13-10-25-18(19-13)11-3-4-22-7-11/h1-4,6-7,10,12H,5,8-9H2,(H,20,21). The second-order valence-corrected chi connectivity index (χ2v) is 5.75. The van der Waals surface area contributed by atoms with Gasteiger partial charge in [-0.25, -0.2) is 4.98 Å². The Bertz CT molecular complexity index is 883. The first kappa shape index (κ1) is 15.3. The van der Waals surface area contributed by atoms with Gasteiger partial charge in [0.15, 0.2) is 0 Å². The predicted molar refractivity (Wildman–Crippen MR) is 85.5 cm³/mol. The van der Waals surface area contributed by atoms with Crippen molar-refractivity contribution in [1.29, 1.82) is 0 Å². The Morgan fingerprint density at radius 1 is 1.32 bits per heavy atom. The van der Waals surface area contributed by atoms with E-state index in [9.17, 15) is 4.79 Å². The average molecular weight is 341 g/mol. The molecule has 3 heterocycles. The largest absolute Gasteiger partial charge is 0.492 e. The molecule has 2 aromatic heterocycles. The maximum atomic E-state index is 10.9. The zero-order valence-electron chi connectivity index (χ0n) is 13.2. The van der Waals surface area contributed by atoms with Crippen LogP contribution in [0, 0.1) is 0 Å². The van der Waals surface area contributed by atoms with Gasteiger partial charge in [0.2, 0.25) is 5.89 Å². The highest BCUT2D eigenvalue weighted by molar-refractivity contribution is 5.68. The number of furan rings is 1. The summed E-state index contributed by atoms with van der Waals surface area (Å²) in [6.07, 6.45) is 4.71. The van der Waals surface area contributed by atoms with Crippen LogP contribution in [0.4, 0.5) is 0 Å². The van der Waals surface area contributed by atoms with E-state index < -0.39 is 5.97 Å². The fraction of sp³-hybridized carbons (Fsp3) is 0.222. The fourth-order valence-corrected chi connectivity index (χ4v) is 2.78. The quantitative estimate of drug-likeness (QED) is 0.733. The highest BCUT2D eigenvalue weighted by atomic mass is 16.5. The fourth-order valence-electron chi connectivity index (χ4n) is 2.78. The highest BCUT2D eigenvalue weighted by Gasteiger charge is 2.26. The number of carboxylic acid groups (broad SMARTS) is 1. The van der Waals surface area contributed by atoms with Gasteiger partial charge in [0, 0.05) is 17.5 Å². The third-order valence-corrected chi connectivity index (χ3v) is 3.99. The van der Waals surface area contributed by atoms with Gasteiger partial charge in [-0.2, -0.15) is 0 Å². The molecule has 0 saturated heterocycles. The molecule has 25 heavy (non-hydrogen) atoms. The lowest BCUT2D eigenvalue weighted by Gasteiger charge is -2.07. The lowest BCUT2D eigenvalue weighted by molar-refractivity contribution is -0.137. The van der Waals surface area contributed by atoms with Gasteiger partial charge in [-0.05, 0) is 12.1 Å². The molecular weight excluding hydrogens is 326 g/mol. The molecule has 3 aromatic rings. The Kier molecular flexibility index (Phi) is 3.89. The summed E-state index contributed by atoms with van der Waals surface area (Å²) in [5.74, 6) is 0.822. The third kappa shape index (κ3) is 3.21. The predicted octanol–water partition coefficient (Wildman–Crippen LogP) is 3.46. The molecule has 0 bridgehead atoms. The summed E-state index contributed by atoms with van der Waals surface area (Å²) >= 11 is 0. The summed E-state index contributed by atoms with van der Waals surface area (Å²) in [5, 5.41) is 8.93. The van der Waals surface area contributed by atoms with Crippen molar-refractivity contribution in [3.63, 3.8) is 0 Å². The first-order valence-corrected chi connectivity index (χ1v) is 7.77. The molecule has 1 aliphatic rings. The highest BCUT2D eigenvalue weighted by Crippen LogP contribution is 2.38. The topological polar surface area (TPSA) is 94.9 Å². The minimum absolute atomic E-state index is 0.0585. The summed E-state index contributed by atoms with van der Waals surface area (Å²) in [5.41, 5.74) is 2.32. The van der Waals surface area contributed by atoms with Crippen molar-refractivity contribution >= 4 is 5.97 Å². The molecule has 1 N–H and O–H groups in total. The molecule has 7 nitrogen and oxygen atoms in total. The van der Waals surface area contributed by atoms with E-state index in [1.807, 2.05) is 6.07 Å². The number of aromatic nitrogens is 1. The minimum Gasteiger partial charge on any atom is -0.492 e. The van der Waals surface area contributed by atoms with Crippen molar-refractivity contribution in [3.05, 3.63) is 54.3 Å². The van der Waals surface area contributed by atoms with E-state index in [0.29, 0.717) is 29.7 Å². The molecule has 7 heteroatoms. The van der Waals surface area contributed by atoms with E-state index in [1.54, 1.807) is 30.7 Å². The number of benzene rings is 1. The van der Waals surface area contributed by atoms with E-state index in [1.165, 1.54) is 6.26 Å². The van der Waals surface area contributed by atoms with Gasteiger partial charge in [0.25, 0.3) is 0 Å². The Balaban J connectivity index is 1.42. The van der Waals surface area contributed by atoms with Crippen LogP contribution in [0.3, 0.4) is 0 Å². The van der Waals surface area contributed by atoms with Gasteiger partial charge in [-0.1, -0.05) is 6.07 Å². The van der Waals surface area contributed by atoms with E-state index in [0.717, 1.165) is 11.1 Å². The van der Waals surface area contributed by atoms with Crippen molar-refractivity contribution in [2.75, 3.05) is 6.61 Å². The van der Waals surface area contributed by atoms with Crippen LogP contribution in [0.2, 0.25) is 0 Å². The number of carbonyl (C=O) groups is 1. The maximum absolute atomic E-state index is 10.9. The number of fused-ring (bicyclic) bond motifs is 1. The molecule has 0 saturated carbocycles. The summed E-state index contributed by atoms with van der Waals surface area (Å²) in [4.78, 5) is 15.2. The van der Waals surface area contributed by atoms with Crippen molar-refractivity contribution in [2.24, 2.45) is 0 Å². The minimum atomic E-state index is -0.832. The molecule has 4 rings (SSSR count). The van der Waals surface area contributed by atoms with Crippen LogP contribution in [0.25, 0.3) is 11.5 Å². The number of oxazole rings is 1. The van der Waals surface area contributed by atoms with Gasteiger partial charge in [-0.3, -0.25) is 4.79 Å². The average Bonchev–Trinajstić information content (AvgIpc) is 3.33. The van der Waals surface area contributed by atoms with Crippen LogP contribution in [-0.2, 0) is 11.4 Å². The monoisotopic (exact) mass is 341 g/mol. The summed E-state index contributed by atoms with van der Waals surface area (Å²) in [7, 11) is 0. The van der Waals surface area contributed by atoms with Gasteiger partial charge >= 0.3 is 5.97 Å². The summed E-state index contributed by atoms with van der Waals surface area (Å²) < 4.78 is 21.7. The van der Waals surface area contributed by atoms with E-state index >= 15 is 0 Å². The first-order valence-electron chi connectivity index (χ1n) is 7.77. The molecule has 1 unspecified atom stereocenters. The van der Waals surface area contributed by atoms with Gasteiger partial charge < -0.3 is 23.4 Å². The number of carboxylic acids is 1. The molecule has 0 aliphatic carbocycles. The van der Waals surface area contributed by atoms with Crippen LogP contribution in [0.1, 0.15) is 23.6 Å². The number of nitrogens with zero attached hydrogens (tertiary/aromatic N) is 1.